The number of hydrogen-bond donors (Lipinski definition) is 1. The molecule has 0 aromatic rings. The Morgan fingerprint density at radius 3 is 1.44 bits per heavy atom. The Morgan fingerprint density at radius 2 is 1.07 bits per heavy atom. The van der Waals surface area contributed by atoms with Gasteiger partial charge in [-0.05, 0) is 51.9 Å². The van der Waals surface area contributed by atoms with Gasteiger partial charge < -0.3 is 5.11 Å². The van der Waals surface area contributed by atoms with Gasteiger partial charge in [0.1, 0.15) is 11.6 Å². The Bertz CT molecular complexity index is 460. The number of unbranched alkanes of at least 4 members (excludes halogenated alkanes) is 9. The highest BCUT2D eigenvalue weighted by atomic mass is 16.3. The van der Waals surface area contributed by atoms with Crippen molar-refractivity contribution in [2.45, 2.75) is 122 Å². The summed E-state index contributed by atoms with van der Waals surface area (Å²) in [6.07, 6.45) is 20.9. The number of Topliss-reactive ketones (excluding diaryl/α,β-unsaturated/α-hetero) is 2. The van der Waals surface area contributed by atoms with Crippen LogP contribution < -0.4 is 0 Å². The van der Waals surface area contributed by atoms with Crippen molar-refractivity contribution in [3.05, 3.63) is 0 Å². The molecule has 2 aliphatic carbocycles. The van der Waals surface area contributed by atoms with Crippen molar-refractivity contribution in [2.75, 3.05) is 6.61 Å². The van der Waals surface area contributed by atoms with Gasteiger partial charge >= 0.3 is 0 Å². The van der Waals surface area contributed by atoms with Gasteiger partial charge in [0, 0.05) is 23.9 Å². The van der Waals surface area contributed by atoms with Gasteiger partial charge in [-0.15, -0.1) is 0 Å². The van der Waals surface area contributed by atoms with Gasteiger partial charge in [0.25, 0.3) is 0 Å². The first-order valence-corrected chi connectivity index (χ1v) is 11.7. The number of ketones is 2. The Labute approximate surface area is 166 Å². The van der Waals surface area contributed by atoms with Crippen molar-refractivity contribution < 1.29 is 14.7 Å². The maximum absolute atomic E-state index is 12.2. The Morgan fingerprint density at radius 1 is 0.667 bits per heavy atom. The van der Waals surface area contributed by atoms with E-state index in [4.69, 9.17) is 5.11 Å². The Hall–Kier alpha value is -0.700. The van der Waals surface area contributed by atoms with E-state index in [1.165, 1.54) is 64.2 Å². The molecule has 156 valence electrons. The smallest absolute Gasteiger partial charge is 0.139 e. The quantitative estimate of drug-likeness (QED) is 0.291. The van der Waals surface area contributed by atoms with E-state index in [1.807, 2.05) is 0 Å². The van der Waals surface area contributed by atoms with Crippen LogP contribution in [0.3, 0.4) is 0 Å². The van der Waals surface area contributed by atoms with Crippen LogP contribution in [0.5, 0.6) is 0 Å². The number of hydrogen-bond acceptors (Lipinski definition) is 3. The molecular formula is C24H42O3. The van der Waals surface area contributed by atoms with Crippen LogP contribution in [-0.4, -0.2) is 23.3 Å². The fourth-order valence-corrected chi connectivity index (χ4v) is 4.59. The summed E-state index contributed by atoms with van der Waals surface area (Å²) in [4.78, 5) is 23.7. The molecule has 2 aliphatic rings. The van der Waals surface area contributed by atoms with E-state index in [-0.39, 0.29) is 17.4 Å². The zero-order valence-electron chi connectivity index (χ0n) is 17.7. The lowest BCUT2D eigenvalue weighted by Crippen LogP contribution is -2.16. The SMILES string of the molecule is CC(=O)C1(CCCCCCCCCCCCC2(C(=O)CCCO)CC2)CC1. The molecule has 0 unspecified atom stereocenters. The number of aliphatic hydroxyl groups excluding tert-OH is 1. The van der Waals surface area contributed by atoms with Crippen LogP contribution in [0.15, 0.2) is 0 Å². The van der Waals surface area contributed by atoms with Crippen LogP contribution in [0, 0.1) is 10.8 Å². The predicted molar refractivity (Wildman–Crippen MR) is 111 cm³/mol. The summed E-state index contributed by atoms with van der Waals surface area (Å²) in [7, 11) is 0. The first-order chi connectivity index (χ1) is 13.0. The van der Waals surface area contributed by atoms with E-state index in [2.05, 4.69) is 0 Å². The normalized spacial score (nSPS) is 19.0. The highest BCUT2D eigenvalue weighted by Gasteiger charge is 2.47. The zero-order valence-corrected chi connectivity index (χ0v) is 17.7. The molecule has 0 spiro atoms. The lowest BCUT2D eigenvalue weighted by Gasteiger charge is -2.13. The van der Waals surface area contributed by atoms with Gasteiger partial charge in [0.05, 0.1) is 0 Å². The highest BCUT2D eigenvalue weighted by molar-refractivity contribution is 5.87. The zero-order chi connectivity index (χ0) is 19.6. The predicted octanol–water partition coefficient (Wildman–Crippen LogP) is 6.16. The second kappa shape index (κ2) is 11.3. The minimum atomic E-state index is 0.0244. The maximum atomic E-state index is 12.2. The third kappa shape index (κ3) is 7.68. The standard InChI is InChI=1S/C24H42O3/c1-21(26)23(16-17-23)14-10-8-6-4-2-3-5-7-9-11-15-24(18-19-24)22(27)13-12-20-25/h25H,2-20H2,1H3. The van der Waals surface area contributed by atoms with Gasteiger partial charge in [-0.2, -0.15) is 0 Å². The molecule has 3 nitrogen and oxygen atoms in total. The largest absolute Gasteiger partial charge is 0.396 e. The fourth-order valence-electron chi connectivity index (χ4n) is 4.59. The van der Waals surface area contributed by atoms with Crippen LogP contribution in [-0.2, 0) is 9.59 Å². The van der Waals surface area contributed by atoms with Crippen LogP contribution in [0.2, 0.25) is 0 Å². The number of carbonyl (C=O) groups excluding carboxylic acids is 2. The molecule has 0 heterocycles. The molecule has 0 amide bonds. The van der Waals surface area contributed by atoms with Crippen LogP contribution >= 0.6 is 0 Å². The van der Waals surface area contributed by atoms with E-state index in [9.17, 15) is 9.59 Å². The summed E-state index contributed by atoms with van der Waals surface area (Å²) in [6, 6.07) is 0. The van der Waals surface area contributed by atoms with Crippen molar-refractivity contribution in [1.29, 1.82) is 0 Å². The topological polar surface area (TPSA) is 54.4 Å². The van der Waals surface area contributed by atoms with Crippen LogP contribution in [0.1, 0.15) is 122 Å². The molecule has 3 heteroatoms. The molecule has 0 atom stereocenters. The molecule has 1 N–H and O–H groups in total. The van der Waals surface area contributed by atoms with Gasteiger partial charge in [0.2, 0.25) is 0 Å². The average molecular weight is 379 g/mol. The van der Waals surface area contributed by atoms with Crippen molar-refractivity contribution in [2.24, 2.45) is 10.8 Å². The molecule has 2 rings (SSSR count). The van der Waals surface area contributed by atoms with Gasteiger partial charge in [-0.3, -0.25) is 9.59 Å². The molecule has 0 bridgehead atoms. The van der Waals surface area contributed by atoms with Crippen molar-refractivity contribution in [1.82, 2.24) is 0 Å². The lowest BCUT2D eigenvalue weighted by atomic mass is 9.90. The van der Waals surface area contributed by atoms with Gasteiger partial charge in [-0.1, -0.05) is 64.2 Å². The van der Waals surface area contributed by atoms with E-state index in [0.717, 1.165) is 38.5 Å². The van der Waals surface area contributed by atoms with Crippen molar-refractivity contribution >= 4 is 11.6 Å². The molecule has 27 heavy (non-hydrogen) atoms. The minimum absolute atomic E-state index is 0.0244. The van der Waals surface area contributed by atoms with Gasteiger partial charge in [0.15, 0.2) is 0 Å². The minimum Gasteiger partial charge on any atom is -0.396 e. The highest BCUT2D eigenvalue weighted by Crippen LogP contribution is 2.52. The monoisotopic (exact) mass is 378 g/mol. The summed E-state index contributed by atoms with van der Waals surface area (Å²) in [5.74, 6) is 0.831. The molecule has 0 aromatic heterocycles. The first kappa shape index (κ1) is 22.6. The number of rotatable bonds is 18. The maximum Gasteiger partial charge on any atom is 0.139 e. The average Bonchev–Trinajstić information content (AvgIpc) is 3.56. The van der Waals surface area contributed by atoms with Crippen LogP contribution in [0.4, 0.5) is 0 Å². The fraction of sp³-hybridized carbons (Fsp3) is 0.917. The Balaban J connectivity index is 1.34. The molecular weight excluding hydrogens is 336 g/mol. The number of carbonyl (C=O) groups is 2. The second-order valence-electron chi connectivity index (χ2n) is 9.40. The summed E-state index contributed by atoms with van der Waals surface area (Å²) < 4.78 is 0. The van der Waals surface area contributed by atoms with Crippen molar-refractivity contribution in [3.8, 4) is 0 Å². The van der Waals surface area contributed by atoms with Crippen LogP contribution in [0.25, 0.3) is 0 Å². The molecule has 2 fully saturated rings. The molecule has 2 saturated carbocycles. The first-order valence-electron chi connectivity index (χ1n) is 11.7. The summed E-state index contributed by atoms with van der Waals surface area (Å²) in [6.45, 7) is 1.91. The molecule has 0 aliphatic heterocycles. The lowest BCUT2D eigenvalue weighted by molar-refractivity contribution is -0.124. The van der Waals surface area contributed by atoms with E-state index in [0.29, 0.717) is 24.4 Å². The molecule has 0 radical (unpaired) electrons. The number of aliphatic hydroxyl groups is 1. The second-order valence-corrected chi connectivity index (χ2v) is 9.40. The van der Waals surface area contributed by atoms with Gasteiger partial charge in [-0.25, -0.2) is 0 Å². The van der Waals surface area contributed by atoms with Crippen molar-refractivity contribution in [3.63, 3.8) is 0 Å². The summed E-state index contributed by atoms with van der Waals surface area (Å²) >= 11 is 0. The molecule has 0 saturated heterocycles. The Kier molecular flexibility index (Phi) is 9.48. The third-order valence-electron chi connectivity index (χ3n) is 7.17. The third-order valence-corrected chi connectivity index (χ3v) is 7.17. The van der Waals surface area contributed by atoms with E-state index in [1.54, 1.807) is 6.92 Å². The van der Waals surface area contributed by atoms with E-state index >= 15 is 0 Å². The van der Waals surface area contributed by atoms with E-state index < -0.39 is 0 Å². The summed E-state index contributed by atoms with van der Waals surface area (Å²) in [5.41, 5.74) is 0.138. The summed E-state index contributed by atoms with van der Waals surface area (Å²) in [5, 5.41) is 8.87. The molecule has 0 aromatic carbocycles.